The van der Waals surface area contributed by atoms with Crippen LogP contribution in [0.3, 0.4) is 0 Å². The van der Waals surface area contributed by atoms with Gasteiger partial charge in [-0.15, -0.1) is 0 Å². The Morgan fingerprint density at radius 1 is 0.886 bits per heavy atom. The van der Waals surface area contributed by atoms with Gasteiger partial charge in [0.1, 0.15) is 11.5 Å². The minimum Gasteiger partial charge on any atom is -0.494 e. The molecule has 8 heteroatoms. The molecule has 0 aromatic heterocycles. The number of benzene rings is 3. The van der Waals surface area contributed by atoms with Gasteiger partial charge in [-0.2, -0.15) is 13.2 Å². The minimum atomic E-state index is -4.45. The summed E-state index contributed by atoms with van der Waals surface area (Å²) in [6.07, 6.45) is -3.96. The summed E-state index contributed by atoms with van der Waals surface area (Å²) >= 11 is 0. The molecule has 0 N–H and O–H groups in total. The molecule has 0 aliphatic rings. The highest BCUT2D eigenvalue weighted by atomic mass is 19.4. The van der Waals surface area contributed by atoms with Crippen LogP contribution in [0.4, 0.5) is 17.6 Å². The summed E-state index contributed by atoms with van der Waals surface area (Å²) < 4.78 is 68.9. The summed E-state index contributed by atoms with van der Waals surface area (Å²) in [4.78, 5) is 12.6. The predicted molar refractivity (Wildman–Crippen MR) is 124 cm³/mol. The van der Waals surface area contributed by atoms with Crippen molar-refractivity contribution < 1.29 is 36.6 Å². The van der Waals surface area contributed by atoms with E-state index in [9.17, 15) is 22.4 Å². The number of alkyl halides is 3. The van der Waals surface area contributed by atoms with Crippen molar-refractivity contribution in [3.8, 4) is 28.4 Å². The highest BCUT2D eigenvalue weighted by molar-refractivity contribution is 5.79. The average Bonchev–Trinajstić information content (AvgIpc) is 2.82. The van der Waals surface area contributed by atoms with Gasteiger partial charge in [0, 0.05) is 6.07 Å². The summed E-state index contributed by atoms with van der Waals surface area (Å²) in [5, 5.41) is 0. The third-order valence-corrected chi connectivity index (χ3v) is 5.43. The number of esters is 1. The van der Waals surface area contributed by atoms with E-state index in [2.05, 4.69) is 0 Å². The number of halogens is 4. The highest BCUT2D eigenvalue weighted by Gasteiger charge is 2.30. The van der Waals surface area contributed by atoms with Crippen molar-refractivity contribution in [2.75, 3.05) is 14.2 Å². The number of methoxy groups -OCH3 is 2. The molecule has 186 valence electrons. The molecule has 1 atom stereocenters. The second kappa shape index (κ2) is 10.8. The van der Waals surface area contributed by atoms with Crippen LogP contribution in [0.25, 0.3) is 11.1 Å². The zero-order valence-corrected chi connectivity index (χ0v) is 19.8. The molecule has 0 bridgehead atoms. The lowest BCUT2D eigenvalue weighted by molar-refractivity contribution is -0.143. The maximum absolute atomic E-state index is 13.8. The van der Waals surface area contributed by atoms with Gasteiger partial charge in [0.25, 0.3) is 0 Å². The lowest BCUT2D eigenvalue weighted by Gasteiger charge is -2.20. The summed E-state index contributed by atoms with van der Waals surface area (Å²) in [7, 11) is 2.63. The Morgan fingerprint density at radius 2 is 1.57 bits per heavy atom. The van der Waals surface area contributed by atoms with Crippen molar-refractivity contribution in [1.82, 2.24) is 0 Å². The molecule has 0 fully saturated rings. The van der Waals surface area contributed by atoms with E-state index in [1.54, 1.807) is 18.2 Å². The molecule has 0 heterocycles. The maximum Gasteiger partial charge on any atom is 0.416 e. The van der Waals surface area contributed by atoms with Crippen LogP contribution in [0.5, 0.6) is 17.2 Å². The summed E-state index contributed by atoms with van der Waals surface area (Å²) in [5.41, 5.74) is 0.888. The molecule has 3 aromatic carbocycles. The second-order valence-electron chi connectivity index (χ2n) is 8.47. The standard InChI is InChI=1S/C27H26F4O4/c1-16(2)11-23(26(32)34-4)19-12-18(17-5-7-20(8-6-17)27(29,30)31)13-22(14-19)35-21-9-10-24(28)25(15-21)33-3/h5-10,12-16,23H,11H2,1-4H3. The third-order valence-electron chi connectivity index (χ3n) is 5.43. The van der Waals surface area contributed by atoms with Crippen molar-refractivity contribution in [1.29, 1.82) is 0 Å². The fraction of sp³-hybridized carbons (Fsp3) is 0.296. The molecular weight excluding hydrogens is 464 g/mol. The molecule has 0 amide bonds. The van der Waals surface area contributed by atoms with Gasteiger partial charge in [0.2, 0.25) is 0 Å². The van der Waals surface area contributed by atoms with Crippen molar-refractivity contribution in [2.24, 2.45) is 5.92 Å². The molecular formula is C27H26F4O4. The molecule has 35 heavy (non-hydrogen) atoms. The molecule has 0 saturated heterocycles. The fourth-order valence-corrected chi connectivity index (χ4v) is 3.72. The van der Waals surface area contributed by atoms with Crippen LogP contribution in [0.1, 0.15) is 37.3 Å². The van der Waals surface area contributed by atoms with E-state index >= 15 is 0 Å². The zero-order valence-electron chi connectivity index (χ0n) is 19.8. The Hall–Kier alpha value is -3.55. The van der Waals surface area contributed by atoms with E-state index in [1.165, 1.54) is 44.6 Å². The Labute approximate surface area is 201 Å². The smallest absolute Gasteiger partial charge is 0.416 e. The minimum absolute atomic E-state index is 0.00568. The molecule has 0 aliphatic carbocycles. The van der Waals surface area contributed by atoms with Crippen LogP contribution >= 0.6 is 0 Å². The molecule has 3 rings (SSSR count). The molecule has 0 aliphatic heterocycles. The van der Waals surface area contributed by atoms with Crippen LogP contribution < -0.4 is 9.47 Å². The largest absolute Gasteiger partial charge is 0.494 e. The number of hydrogen-bond donors (Lipinski definition) is 0. The predicted octanol–water partition coefficient (Wildman–Crippen LogP) is 7.62. The second-order valence-corrected chi connectivity index (χ2v) is 8.47. The lowest BCUT2D eigenvalue weighted by atomic mass is 9.88. The van der Waals surface area contributed by atoms with E-state index < -0.39 is 29.4 Å². The van der Waals surface area contributed by atoms with E-state index in [0.29, 0.717) is 28.9 Å². The van der Waals surface area contributed by atoms with Crippen LogP contribution in [0, 0.1) is 11.7 Å². The van der Waals surface area contributed by atoms with E-state index in [1.807, 2.05) is 13.8 Å². The van der Waals surface area contributed by atoms with Crippen molar-refractivity contribution in [3.05, 3.63) is 77.6 Å². The first-order chi connectivity index (χ1) is 16.5. The number of carbonyl (C=O) groups excluding carboxylic acids is 1. The van der Waals surface area contributed by atoms with Gasteiger partial charge in [0.05, 0.1) is 25.7 Å². The van der Waals surface area contributed by atoms with Crippen molar-refractivity contribution in [2.45, 2.75) is 32.4 Å². The third kappa shape index (κ3) is 6.53. The molecule has 0 saturated carbocycles. The topological polar surface area (TPSA) is 44.8 Å². The van der Waals surface area contributed by atoms with Gasteiger partial charge in [-0.3, -0.25) is 4.79 Å². The van der Waals surface area contributed by atoms with Gasteiger partial charge in [0.15, 0.2) is 11.6 Å². The molecule has 0 radical (unpaired) electrons. The normalized spacial score (nSPS) is 12.4. The summed E-state index contributed by atoms with van der Waals surface area (Å²) in [6, 6.07) is 13.8. The van der Waals surface area contributed by atoms with Crippen LogP contribution in [-0.2, 0) is 15.7 Å². The monoisotopic (exact) mass is 490 g/mol. The number of hydrogen-bond acceptors (Lipinski definition) is 4. The van der Waals surface area contributed by atoms with Gasteiger partial charge in [-0.05, 0) is 65.4 Å². The van der Waals surface area contributed by atoms with Gasteiger partial charge >= 0.3 is 12.1 Å². The maximum atomic E-state index is 13.8. The van der Waals surface area contributed by atoms with Crippen LogP contribution in [-0.4, -0.2) is 20.2 Å². The highest BCUT2D eigenvalue weighted by Crippen LogP contribution is 2.37. The van der Waals surface area contributed by atoms with Gasteiger partial charge in [-0.1, -0.05) is 32.0 Å². The molecule has 1 unspecified atom stereocenters. The van der Waals surface area contributed by atoms with Crippen LogP contribution in [0.2, 0.25) is 0 Å². The van der Waals surface area contributed by atoms with Crippen molar-refractivity contribution >= 4 is 5.97 Å². The first-order valence-electron chi connectivity index (χ1n) is 10.9. The van der Waals surface area contributed by atoms with E-state index in [4.69, 9.17) is 14.2 Å². The number of ether oxygens (including phenoxy) is 3. The SMILES string of the molecule is COC(=O)C(CC(C)C)c1cc(Oc2ccc(F)c(OC)c2)cc(-c2ccc(C(F)(F)F)cc2)c1. The number of rotatable bonds is 8. The Balaban J connectivity index is 2.10. The van der Waals surface area contributed by atoms with Gasteiger partial charge in [-0.25, -0.2) is 4.39 Å². The first kappa shape index (κ1) is 26.1. The Morgan fingerprint density at radius 3 is 2.14 bits per heavy atom. The Bertz CT molecular complexity index is 1170. The number of carbonyl (C=O) groups is 1. The quantitative estimate of drug-likeness (QED) is 0.241. The average molecular weight is 490 g/mol. The summed E-state index contributed by atoms with van der Waals surface area (Å²) in [6.45, 7) is 3.94. The van der Waals surface area contributed by atoms with Crippen LogP contribution in [0.15, 0.2) is 60.7 Å². The first-order valence-corrected chi connectivity index (χ1v) is 10.9. The molecule has 4 nitrogen and oxygen atoms in total. The van der Waals surface area contributed by atoms with E-state index in [-0.39, 0.29) is 17.4 Å². The molecule has 0 spiro atoms. The zero-order chi connectivity index (χ0) is 25.8. The fourth-order valence-electron chi connectivity index (χ4n) is 3.72. The van der Waals surface area contributed by atoms with E-state index in [0.717, 1.165) is 12.1 Å². The summed E-state index contributed by atoms with van der Waals surface area (Å²) in [5.74, 6) is -0.826. The molecule has 3 aromatic rings. The lowest BCUT2D eigenvalue weighted by Crippen LogP contribution is -2.16. The Kier molecular flexibility index (Phi) is 8.04. The van der Waals surface area contributed by atoms with Gasteiger partial charge < -0.3 is 14.2 Å². The van der Waals surface area contributed by atoms with Crippen molar-refractivity contribution in [3.63, 3.8) is 0 Å².